The van der Waals surface area contributed by atoms with Gasteiger partial charge in [-0.1, -0.05) is 23.4 Å². The third kappa shape index (κ3) is 3.01. The smallest absolute Gasteiger partial charge is 0.157 e. The van der Waals surface area contributed by atoms with E-state index in [4.69, 9.17) is 4.52 Å². The topological polar surface area (TPSA) is 47.1 Å². The molecular formula is C22H22N4O. The second-order valence-corrected chi connectivity index (χ2v) is 6.66. The predicted molar refractivity (Wildman–Crippen MR) is 107 cm³/mol. The zero-order valence-corrected chi connectivity index (χ0v) is 16.0. The average molecular weight is 358 g/mol. The molecule has 4 aromatic rings. The number of aryl methyl sites for hydroxylation is 4. The Morgan fingerprint density at radius 2 is 1.67 bits per heavy atom. The number of imidazole rings is 1. The average Bonchev–Trinajstić information content (AvgIpc) is 3.24. The number of rotatable bonds is 4. The number of hydrogen-bond acceptors (Lipinski definition) is 4. The first-order valence-electron chi connectivity index (χ1n) is 8.95. The number of aromatic nitrogens is 3. The summed E-state index contributed by atoms with van der Waals surface area (Å²) in [7, 11) is 0. The van der Waals surface area contributed by atoms with Crippen molar-refractivity contribution in [2.75, 3.05) is 4.90 Å². The lowest BCUT2D eigenvalue weighted by Crippen LogP contribution is -2.13. The second-order valence-electron chi connectivity index (χ2n) is 6.66. The molecule has 0 saturated carbocycles. The Morgan fingerprint density at radius 1 is 0.926 bits per heavy atom. The van der Waals surface area contributed by atoms with Crippen LogP contribution in [0.1, 0.15) is 22.8 Å². The Balaban J connectivity index is 1.85. The molecule has 136 valence electrons. The number of hydrogen-bond donors (Lipinski definition) is 0. The fourth-order valence-corrected chi connectivity index (χ4v) is 3.41. The molecule has 0 atom stereocenters. The van der Waals surface area contributed by atoms with Crippen molar-refractivity contribution in [3.05, 3.63) is 83.8 Å². The monoisotopic (exact) mass is 358 g/mol. The normalized spacial score (nSPS) is 11.0. The van der Waals surface area contributed by atoms with Crippen LogP contribution in [0.5, 0.6) is 0 Å². The first-order chi connectivity index (χ1) is 13.1. The van der Waals surface area contributed by atoms with Gasteiger partial charge in [-0.05, 0) is 63.6 Å². The number of anilines is 3. The lowest BCUT2D eigenvalue weighted by Gasteiger charge is -2.26. The molecule has 0 amide bonds. The maximum atomic E-state index is 5.45. The number of benzene rings is 2. The molecule has 2 heterocycles. The molecule has 0 radical (unpaired) electrons. The van der Waals surface area contributed by atoms with Crippen LogP contribution in [-0.4, -0.2) is 14.7 Å². The molecule has 0 fully saturated rings. The zero-order chi connectivity index (χ0) is 19.0. The van der Waals surface area contributed by atoms with Crippen molar-refractivity contribution >= 4 is 17.1 Å². The first kappa shape index (κ1) is 17.1. The quantitative estimate of drug-likeness (QED) is 0.479. The molecule has 27 heavy (non-hydrogen) atoms. The summed E-state index contributed by atoms with van der Waals surface area (Å²) in [5.41, 5.74) is 6.28. The van der Waals surface area contributed by atoms with E-state index in [1.807, 2.05) is 33.2 Å². The summed E-state index contributed by atoms with van der Waals surface area (Å²) in [6.07, 6.45) is 3.78. The molecule has 0 aliphatic heterocycles. The van der Waals surface area contributed by atoms with Gasteiger partial charge in [0.2, 0.25) is 0 Å². The first-order valence-corrected chi connectivity index (χ1v) is 8.95. The van der Waals surface area contributed by atoms with Crippen molar-refractivity contribution in [1.29, 1.82) is 0 Å². The van der Waals surface area contributed by atoms with Crippen molar-refractivity contribution in [3.63, 3.8) is 0 Å². The van der Waals surface area contributed by atoms with Gasteiger partial charge in [0.05, 0.1) is 0 Å². The van der Waals surface area contributed by atoms with E-state index in [2.05, 4.69) is 75.1 Å². The Bertz CT molecular complexity index is 1060. The lowest BCUT2D eigenvalue weighted by molar-refractivity contribution is 0.393. The molecule has 4 rings (SSSR count). The standard InChI is InChI=1S/C22H22N4O/c1-15-7-5-6-8-21(15)26(22-16(2)24-27-17(22)3)20-11-9-19(10-12-20)25-14-13-23-18(25)4/h5-14H,1-4H3. The lowest BCUT2D eigenvalue weighted by atomic mass is 10.1. The summed E-state index contributed by atoms with van der Waals surface area (Å²) in [4.78, 5) is 6.51. The maximum Gasteiger partial charge on any atom is 0.157 e. The summed E-state index contributed by atoms with van der Waals surface area (Å²) >= 11 is 0. The van der Waals surface area contributed by atoms with Gasteiger partial charge in [-0.2, -0.15) is 0 Å². The van der Waals surface area contributed by atoms with Crippen LogP contribution in [0.25, 0.3) is 5.69 Å². The number of nitrogens with zero attached hydrogens (tertiary/aromatic N) is 4. The Morgan fingerprint density at radius 3 is 2.26 bits per heavy atom. The molecule has 0 bridgehead atoms. The molecule has 0 aliphatic carbocycles. The van der Waals surface area contributed by atoms with E-state index < -0.39 is 0 Å². The Kier molecular flexibility index (Phi) is 4.28. The second kappa shape index (κ2) is 6.76. The van der Waals surface area contributed by atoms with Gasteiger partial charge in [0, 0.05) is 29.5 Å². The van der Waals surface area contributed by atoms with E-state index in [0.29, 0.717) is 0 Å². The molecule has 0 saturated heterocycles. The van der Waals surface area contributed by atoms with Gasteiger partial charge < -0.3 is 14.0 Å². The summed E-state index contributed by atoms with van der Waals surface area (Å²) < 4.78 is 7.52. The molecule has 2 aromatic carbocycles. The fraction of sp³-hybridized carbons (Fsp3) is 0.182. The van der Waals surface area contributed by atoms with E-state index in [0.717, 1.165) is 40.0 Å². The molecule has 0 spiro atoms. The van der Waals surface area contributed by atoms with Crippen molar-refractivity contribution in [3.8, 4) is 5.69 Å². The molecule has 0 unspecified atom stereocenters. The third-order valence-electron chi connectivity index (χ3n) is 4.79. The zero-order valence-electron chi connectivity index (χ0n) is 16.0. The fourth-order valence-electron chi connectivity index (χ4n) is 3.41. The highest BCUT2D eigenvalue weighted by atomic mass is 16.5. The molecule has 0 aliphatic rings. The molecule has 5 heteroatoms. The minimum Gasteiger partial charge on any atom is -0.359 e. The van der Waals surface area contributed by atoms with E-state index in [9.17, 15) is 0 Å². The van der Waals surface area contributed by atoms with E-state index >= 15 is 0 Å². The predicted octanol–water partition coefficient (Wildman–Crippen LogP) is 5.56. The van der Waals surface area contributed by atoms with Gasteiger partial charge in [-0.3, -0.25) is 0 Å². The molecular weight excluding hydrogens is 336 g/mol. The van der Waals surface area contributed by atoms with E-state index in [-0.39, 0.29) is 0 Å². The molecule has 5 nitrogen and oxygen atoms in total. The van der Waals surface area contributed by atoms with Crippen LogP contribution in [0, 0.1) is 27.7 Å². The van der Waals surface area contributed by atoms with Gasteiger partial charge in [-0.25, -0.2) is 4.98 Å². The highest BCUT2D eigenvalue weighted by Crippen LogP contribution is 2.40. The van der Waals surface area contributed by atoms with Crippen LogP contribution in [0.3, 0.4) is 0 Å². The van der Waals surface area contributed by atoms with Crippen molar-refractivity contribution in [2.45, 2.75) is 27.7 Å². The van der Waals surface area contributed by atoms with Crippen LogP contribution in [0.15, 0.2) is 65.4 Å². The van der Waals surface area contributed by atoms with Crippen molar-refractivity contribution in [2.24, 2.45) is 0 Å². The summed E-state index contributed by atoms with van der Waals surface area (Å²) in [5, 5.41) is 4.16. The maximum absolute atomic E-state index is 5.45. The van der Waals surface area contributed by atoms with Gasteiger partial charge >= 0.3 is 0 Å². The highest BCUT2D eigenvalue weighted by molar-refractivity contribution is 5.80. The van der Waals surface area contributed by atoms with Gasteiger partial charge in [0.15, 0.2) is 5.76 Å². The van der Waals surface area contributed by atoms with E-state index in [1.54, 1.807) is 0 Å². The number of para-hydroxylation sites is 1. The molecule has 0 N–H and O–H groups in total. The van der Waals surface area contributed by atoms with Crippen LogP contribution in [-0.2, 0) is 0 Å². The van der Waals surface area contributed by atoms with Crippen LogP contribution < -0.4 is 4.90 Å². The SMILES string of the molecule is Cc1ccccc1N(c1ccc(-n2ccnc2C)cc1)c1c(C)noc1C. The van der Waals surface area contributed by atoms with Crippen LogP contribution in [0.2, 0.25) is 0 Å². The summed E-state index contributed by atoms with van der Waals surface area (Å²) in [5.74, 6) is 1.76. The Labute approximate surface area is 158 Å². The van der Waals surface area contributed by atoms with E-state index in [1.165, 1.54) is 5.56 Å². The minimum absolute atomic E-state index is 0.797. The minimum atomic E-state index is 0.797. The van der Waals surface area contributed by atoms with Gasteiger partial charge in [0.25, 0.3) is 0 Å². The van der Waals surface area contributed by atoms with Crippen molar-refractivity contribution < 1.29 is 4.52 Å². The summed E-state index contributed by atoms with van der Waals surface area (Å²) in [6.45, 7) is 8.03. The van der Waals surface area contributed by atoms with Gasteiger partial charge in [0.1, 0.15) is 17.2 Å². The van der Waals surface area contributed by atoms with Crippen LogP contribution in [0.4, 0.5) is 17.1 Å². The Hall–Kier alpha value is -3.34. The van der Waals surface area contributed by atoms with Crippen LogP contribution >= 0.6 is 0 Å². The largest absolute Gasteiger partial charge is 0.359 e. The summed E-state index contributed by atoms with van der Waals surface area (Å²) in [6, 6.07) is 16.8. The van der Waals surface area contributed by atoms with Crippen molar-refractivity contribution in [1.82, 2.24) is 14.7 Å². The highest BCUT2D eigenvalue weighted by Gasteiger charge is 2.21. The third-order valence-corrected chi connectivity index (χ3v) is 4.79. The van der Waals surface area contributed by atoms with Gasteiger partial charge in [-0.15, -0.1) is 0 Å². The molecule has 2 aromatic heterocycles.